The van der Waals surface area contributed by atoms with E-state index in [1.807, 2.05) is 17.4 Å². The lowest BCUT2D eigenvalue weighted by Gasteiger charge is -2.15. The number of rotatable bonds is 7. The van der Waals surface area contributed by atoms with Crippen LogP contribution in [0.15, 0.2) is 34.8 Å². The van der Waals surface area contributed by atoms with Gasteiger partial charge >= 0.3 is 0 Å². The molecule has 1 aromatic carbocycles. The molecule has 0 saturated carbocycles. The molecule has 2 aromatic rings. The SMILES string of the molecule is CCCC(NCC)c1ccc(-c2ccc(Br)c(OC)c2)s1. The van der Waals surface area contributed by atoms with E-state index >= 15 is 0 Å². The van der Waals surface area contributed by atoms with Crippen molar-refractivity contribution >= 4 is 27.3 Å². The molecule has 0 bridgehead atoms. The molecular weight excluding hydrogens is 346 g/mol. The molecule has 1 atom stereocenters. The monoisotopic (exact) mass is 367 g/mol. The van der Waals surface area contributed by atoms with Crippen molar-refractivity contribution in [2.45, 2.75) is 32.7 Å². The molecule has 1 aromatic heterocycles. The van der Waals surface area contributed by atoms with E-state index in [-0.39, 0.29) is 0 Å². The van der Waals surface area contributed by atoms with Crippen molar-refractivity contribution in [3.63, 3.8) is 0 Å². The molecule has 2 rings (SSSR count). The Balaban J connectivity index is 2.26. The van der Waals surface area contributed by atoms with Crippen molar-refractivity contribution < 1.29 is 4.74 Å². The smallest absolute Gasteiger partial charge is 0.133 e. The Labute approximate surface area is 139 Å². The summed E-state index contributed by atoms with van der Waals surface area (Å²) >= 11 is 5.37. The molecule has 4 heteroatoms. The first-order valence-corrected chi connectivity index (χ1v) is 8.97. The third-order valence-corrected chi connectivity index (χ3v) is 5.34. The van der Waals surface area contributed by atoms with Crippen LogP contribution >= 0.6 is 27.3 Å². The molecule has 1 unspecified atom stereocenters. The average molecular weight is 368 g/mol. The summed E-state index contributed by atoms with van der Waals surface area (Å²) in [5.74, 6) is 0.874. The largest absolute Gasteiger partial charge is 0.496 e. The maximum absolute atomic E-state index is 5.38. The zero-order valence-electron chi connectivity index (χ0n) is 12.8. The molecule has 0 fully saturated rings. The van der Waals surface area contributed by atoms with E-state index < -0.39 is 0 Å². The van der Waals surface area contributed by atoms with Crippen LogP contribution in [0.4, 0.5) is 0 Å². The van der Waals surface area contributed by atoms with Gasteiger partial charge in [0.2, 0.25) is 0 Å². The molecule has 0 aliphatic carbocycles. The summed E-state index contributed by atoms with van der Waals surface area (Å²) in [6, 6.07) is 11.2. The predicted molar refractivity (Wildman–Crippen MR) is 95.3 cm³/mol. The van der Waals surface area contributed by atoms with Crippen molar-refractivity contribution in [1.82, 2.24) is 5.32 Å². The highest BCUT2D eigenvalue weighted by Gasteiger charge is 2.13. The molecular formula is C17H22BrNOS. The minimum atomic E-state index is 0.469. The van der Waals surface area contributed by atoms with Gasteiger partial charge in [-0.25, -0.2) is 0 Å². The minimum Gasteiger partial charge on any atom is -0.496 e. The van der Waals surface area contributed by atoms with Crippen LogP contribution in [-0.4, -0.2) is 13.7 Å². The Morgan fingerprint density at radius 2 is 2.05 bits per heavy atom. The molecule has 0 saturated heterocycles. The molecule has 0 amide bonds. The van der Waals surface area contributed by atoms with Gasteiger partial charge in [0.1, 0.15) is 5.75 Å². The van der Waals surface area contributed by atoms with Gasteiger partial charge in [-0.05, 0) is 58.7 Å². The number of methoxy groups -OCH3 is 1. The number of halogens is 1. The topological polar surface area (TPSA) is 21.3 Å². The van der Waals surface area contributed by atoms with Gasteiger partial charge in [0.25, 0.3) is 0 Å². The van der Waals surface area contributed by atoms with Crippen LogP contribution in [0.2, 0.25) is 0 Å². The highest BCUT2D eigenvalue weighted by atomic mass is 79.9. The summed E-state index contributed by atoms with van der Waals surface area (Å²) in [4.78, 5) is 2.70. The van der Waals surface area contributed by atoms with Gasteiger partial charge in [-0.3, -0.25) is 0 Å². The van der Waals surface area contributed by atoms with Crippen LogP contribution in [0, 0.1) is 0 Å². The van der Waals surface area contributed by atoms with Crippen molar-refractivity contribution in [1.29, 1.82) is 0 Å². The van der Waals surface area contributed by atoms with Gasteiger partial charge < -0.3 is 10.1 Å². The summed E-state index contributed by atoms with van der Waals surface area (Å²) in [5.41, 5.74) is 1.21. The quantitative estimate of drug-likeness (QED) is 0.683. The van der Waals surface area contributed by atoms with E-state index in [0.29, 0.717) is 6.04 Å². The van der Waals surface area contributed by atoms with E-state index in [1.54, 1.807) is 7.11 Å². The lowest BCUT2D eigenvalue weighted by molar-refractivity contribution is 0.412. The highest BCUT2D eigenvalue weighted by Crippen LogP contribution is 2.36. The fourth-order valence-electron chi connectivity index (χ4n) is 2.39. The maximum Gasteiger partial charge on any atom is 0.133 e. The second kappa shape index (κ2) is 7.97. The third kappa shape index (κ3) is 4.09. The van der Waals surface area contributed by atoms with Crippen molar-refractivity contribution in [2.24, 2.45) is 0 Å². The summed E-state index contributed by atoms with van der Waals surface area (Å²) in [5, 5.41) is 3.57. The Bertz CT molecular complexity index is 576. The van der Waals surface area contributed by atoms with E-state index in [1.165, 1.54) is 28.2 Å². The van der Waals surface area contributed by atoms with Crippen LogP contribution in [-0.2, 0) is 0 Å². The van der Waals surface area contributed by atoms with Crippen LogP contribution in [0.3, 0.4) is 0 Å². The molecule has 114 valence electrons. The molecule has 1 N–H and O–H groups in total. The summed E-state index contributed by atoms with van der Waals surface area (Å²) < 4.78 is 6.37. The van der Waals surface area contributed by atoms with E-state index in [9.17, 15) is 0 Å². The first kappa shape index (κ1) is 16.5. The zero-order valence-corrected chi connectivity index (χ0v) is 15.2. The Morgan fingerprint density at radius 3 is 2.71 bits per heavy atom. The molecule has 21 heavy (non-hydrogen) atoms. The van der Waals surface area contributed by atoms with Gasteiger partial charge in [-0.1, -0.05) is 26.3 Å². The number of ether oxygens (including phenoxy) is 1. The lowest BCUT2D eigenvalue weighted by atomic mass is 10.1. The Morgan fingerprint density at radius 1 is 1.24 bits per heavy atom. The second-order valence-corrected chi connectivity index (χ2v) is 6.92. The maximum atomic E-state index is 5.38. The van der Waals surface area contributed by atoms with Crippen molar-refractivity contribution in [3.05, 3.63) is 39.7 Å². The van der Waals surface area contributed by atoms with Gasteiger partial charge in [-0.15, -0.1) is 11.3 Å². The van der Waals surface area contributed by atoms with Crippen LogP contribution < -0.4 is 10.1 Å². The molecule has 0 spiro atoms. The molecule has 0 radical (unpaired) electrons. The van der Waals surface area contributed by atoms with E-state index in [4.69, 9.17) is 4.74 Å². The van der Waals surface area contributed by atoms with Crippen molar-refractivity contribution in [3.8, 4) is 16.2 Å². The predicted octanol–water partition coefficient (Wildman–Crippen LogP) is 5.64. The number of hydrogen-bond acceptors (Lipinski definition) is 3. The van der Waals surface area contributed by atoms with Gasteiger partial charge in [0.05, 0.1) is 11.6 Å². The lowest BCUT2D eigenvalue weighted by Crippen LogP contribution is -2.19. The van der Waals surface area contributed by atoms with Crippen molar-refractivity contribution in [2.75, 3.05) is 13.7 Å². The third-order valence-electron chi connectivity index (χ3n) is 3.43. The first-order chi connectivity index (χ1) is 10.2. The van der Waals surface area contributed by atoms with Crippen LogP contribution in [0.25, 0.3) is 10.4 Å². The number of thiophene rings is 1. The minimum absolute atomic E-state index is 0.469. The van der Waals surface area contributed by atoms with Crippen LogP contribution in [0.5, 0.6) is 5.75 Å². The molecule has 2 nitrogen and oxygen atoms in total. The Hall–Kier alpha value is -0.840. The Kier molecular flexibility index (Phi) is 6.27. The summed E-state index contributed by atoms with van der Waals surface area (Å²) in [6.07, 6.45) is 2.37. The van der Waals surface area contributed by atoms with Gasteiger partial charge in [0, 0.05) is 15.8 Å². The molecule has 0 aliphatic heterocycles. The number of nitrogens with one attached hydrogen (secondary N) is 1. The standard InChI is InChI=1S/C17H22BrNOS/c1-4-6-14(19-5-2)17-10-9-16(21-17)12-7-8-13(18)15(11-12)20-3/h7-11,14,19H,4-6H2,1-3H3. The summed E-state index contributed by atoms with van der Waals surface area (Å²) in [7, 11) is 1.70. The number of benzene rings is 1. The van der Waals surface area contributed by atoms with Gasteiger partial charge in [-0.2, -0.15) is 0 Å². The van der Waals surface area contributed by atoms with Gasteiger partial charge in [0.15, 0.2) is 0 Å². The second-order valence-electron chi connectivity index (χ2n) is 4.95. The fourth-order valence-corrected chi connectivity index (χ4v) is 3.91. The highest BCUT2D eigenvalue weighted by molar-refractivity contribution is 9.10. The van der Waals surface area contributed by atoms with Crippen LogP contribution in [0.1, 0.15) is 37.6 Å². The normalized spacial score (nSPS) is 12.4. The molecule has 1 heterocycles. The van der Waals surface area contributed by atoms with E-state index in [0.717, 1.165) is 16.8 Å². The fraction of sp³-hybridized carbons (Fsp3) is 0.412. The zero-order chi connectivity index (χ0) is 15.2. The summed E-state index contributed by atoms with van der Waals surface area (Å²) in [6.45, 7) is 5.40. The molecule has 0 aliphatic rings. The number of hydrogen-bond donors (Lipinski definition) is 1. The average Bonchev–Trinajstić information content (AvgIpc) is 2.97. The van der Waals surface area contributed by atoms with E-state index in [2.05, 4.69) is 59.4 Å². The first-order valence-electron chi connectivity index (χ1n) is 7.36.